The highest BCUT2D eigenvalue weighted by Gasteiger charge is 2.42. The molecule has 1 unspecified atom stereocenters. The van der Waals surface area contributed by atoms with Crippen LogP contribution in [0.25, 0.3) is 21.8 Å². The fourth-order valence-corrected chi connectivity index (χ4v) is 5.72. The fourth-order valence-electron chi connectivity index (χ4n) is 5.72. The van der Waals surface area contributed by atoms with Crippen molar-refractivity contribution >= 4 is 39.3 Å². The highest BCUT2D eigenvalue weighted by molar-refractivity contribution is 6.11. The molecule has 2 N–H and O–H groups in total. The Labute approximate surface area is 219 Å². The first-order valence-corrected chi connectivity index (χ1v) is 12.9. The summed E-state index contributed by atoms with van der Waals surface area (Å²) in [6.07, 6.45) is 3.08. The van der Waals surface area contributed by atoms with E-state index >= 15 is 0 Å². The summed E-state index contributed by atoms with van der Waals surface area (Å²) in [5.74, 6) is -0.163. The lowest BCUT2D eigenvalue weighted by molar-refractivity contribution is -0.139. The highest BCUT2D eigenvalue weighted by Crippen LogP contribution is 2.46. The lowest BCUT2D eigenvalue weighted by Crippen LogP contribution is -2.33. The van der Waals surface area contributed by atoms with Crippen LogP contribution >= 0.6 is 0 Å². The van der Waals surface area contributed by atoms with Crippen LogP contribution in [-0.2, 0) is 16.1 Å². The van der Waals surface area contributed by atoms with Gasteiger partial charge >= 0.3 is 0 Å². The summed E-state index contributed by atoms with van der Waals surface area (Å²) in [4.78, 5) is 44.0. The number of imide groups is 1. The zero-order valence-electron chi connectivity index (χ0n) is 21.9. The number of methoxy groups -OCH3 is 1. The maximum atomic E-state index is 13.7. The second kappa shape index (κ2) is 8.90. The molecular weight excluding hydrogens is 480 g/mol. The zero-order valence-corrected chi connectivity index (χ0v) is 21.9. The van der Waals surface area contributed by atoms with Crippen molar-refractivity contribution in [2.45, 2.75) is 39.7 Å². The minimum absolute atomic E-state index is 0.150. The van der Waals surface area contributed by atoms with Gasteiger partial charge in [0.1, 0.15) is 5.75 Å². The average molecular weight is 511 g/mol. The third-order valence-electron chi connectivity index (χ3n) is 7.66. The van der Waals surface area contributed by atoms with Crippen LogP contribution in [0.4, 0.5) is 5.69 Å². The number of aromatic nitrogens is 2. The molecule has 2 aromatic heterocycles. The number of carbonyl (C=O) groups excluding carboxylic acids is 2. The van der Waals surface area contributed by atoms with Crippen molar-refractivity contribution in [1.82, 2.24) is 14.5 Å². The summed E-state index contributed by atoms with van der Waals surface area (Å²) in [5, 5.41) is 5.30. The van der Waals surface area contributed by atoms with Gasteiger partial charge in [-0.1, -0.05) is 19.9 Å². The number of nitrogens with zero attached hydrogens (tertiary/aromatic N) is 2. The first-order chi connectivity index (χ1) is 18.3. The summed E-state index contributed by atoms with van der Waals surface area (Å²) in [6, 6.07) is 13.5. The van der Waals surface area contributed by atoms with Crippen LogP contribution in [0.15, 0.2) is 64.7 Å². The van der Waals surface area contributed by atoms with Crippen molar-refractivity contribution < 1.29 is 14.3 Å². The van der Waals surface area contributed by atoms with Gasteiger partial charge < -0.3 is 19.6 Å². The number of fused-ring (bicyclic) bond motifs is 1. The third-order valence-corrected chi connectivity index (χ3v) is 7.66. The Balaban J connectivity index is 1.63. The third kappa shape index (κ3) is 3.70. The van der Waals surface area contributed by atoms with Crippen LogP contribution in [0.2, 0.25) is 0 Å². The predicted molar refractivity (Wildman–Crippen MR) is 147 cm³/mol. The number of hydrogen-bond acceptors (Lipinski definition) is 5. The minimum Gasteiger partial charge on any atom is -0.497 e. The fraction of sp³-hybridized carbons (Fsp3) is 0.300. The van der Waals surface area contributed by atoms with Gasteiger partial charge in [0, 0.05) is 54.0 Å². The molecule has 38 heavy (non-hydrogen) atoms. The van der Waals surface area contributed by atoms with Gasteiger partial charge in [0.25, 0.3) is 11.5 Å². The van der Waals surface area contributed by atoms with E-state index in [1.165, 1.54) is 11.8 Å². The maximum absolute atomic E-state index is 13.7. The van der Waals surface area contributed by atoms with Crippen molar-refractivity contribution in [1.29, 1.82) is 0 Å². The molecule has 1 atom stereocenters. The first kappa shape index (κ1) is 24.0. The van der Waals surface area contributed by atoms with E-state index in [1.54, 1.807) is 13.2 Å². The Bertz CT molecular complexity index is 1730. The van der Waals surface area contributed by atoms with Crippen molar-refractivity contribution in [2.75, 3.05) is 19.0 Å². The van der Waals surface area contributed by atoms with Crippen LogP contribution < -0.4 is 15.6 Å². The Kier molecular flexibility index (Phi) is 5.63. The van der Waals surface area contributed by atoms with Crippen LogP contribution in [0.1, 0.15) is 44.2 Å². The highest BCUT2D eigenvalue weighted by atomic mass is 16.5. The number of pyridine rings is 1. The van der Waals surface area contributed by atoms with Gasteiger partial charge in [0.05, 0.1) is 30.3 Å². The van der Waals surface area contributed by atoms with Crippen molar-refractivity contribution in [3.05, 3.63) is 81.4 Å². The van der Waals surface area contributed by atoms with Gasteiger partial charge in [-0.05, 0) is 53.6 Å². The maximum Gasteiger partial charge on any atom is 0.259 e. The Morgan fingerprint density at radius 2 is 1.95 bits per heavy atom. The second-order valence-electron chi connectivity index (χ2n) is 10.5. The standard InChI is InChI=1S/C30H30N4O4/c1-16(2)10-11-33-14-21-26(20-12-18-8-9-19(38-4)13-23(18)32-29(20)36)28-24(15-34(17(3)35)30(28)37)31-22-6-5-7-25(33)27(21)22/h5-9,12-14,16,26,31H,10-11,15H2,1-4H3,(H,32,36). The summed E-state index contributed by atoms with van der Waals surface area (Å²) in [7, 11) is 1.58. The predicted octanol–water partition coefficient (Wildman–Crippen LogP) is 4.74. The van der Waals surface area contributed by atoms with E-state index in [9.17, 15) is 14.4 Å². The number of benzene rings is 2. The van der Waals surface area contributed by atoms with Crippen molar-refractivity contribution in [2.24, 2.45) is 5.92 Å². The number of aryl methyl sites for hydroxylation is 1. The lowest BCUT2D eigenvalue weighted by atomic mass is 9.84. The molecule has 2 amide bonds. The number of amides is 2. The molecule has 4 heterocycles. The summed E-state index contributed by atoms with van der Waals surface area (Å²) in [5.41, 5.74) is 4.75. The molecule has 0 saturated heterocycles. The van der Waals surface area contributed by atoms with Gasteiger partial charge in [-0.3, -0.25) is 19.3 Å². The number of hydrogen-bond donors (Lipinski definition) is 2. The number of anilines is 1. The number of nitrogens with one attached hydrogen (secondary N) is 2. The Morgan fingerprint density at radius 1 is 1.13 bits per heavy atom. The van der Waals surface area contributed by atoms with Gasteiger partial charge in [0.2, 0.25) is 5.91 Å². The van der Waals surface area contributed by atoms with Crippen molar-refractivity contribution in [3.63, 3.8) is 0 Å². The molecule has 194 valence electrons. The molecule has 0 aliphatic carbocycles. The molecule has 8 heteroatoms. The molecule has 0 spiro atoms. The SMILES string of the molecule is COc1ccc2cc(C3C4=C(CN(C(C)=O)C4=O)Nc4cccc5c4c3cn5CCC(C)C)c(=O)[nH]c2c1. The molecule has 2 aliphatic heterocycles. The Morgan fingerprint density at radius 3 is 2.68 bits per heavy atom. The van der Waals surface area contributed by atoms with E-state index in [-0.39, 0.29) is 23.9 Å². The number of ether oxygens (including phenoxy) is 1. The molecule has 0 radical (unpaired) electrons. The topological polar surface area (TPSA) is 96.4 Å². The van der Waals surface area contributed by atoms with Gasteiger partial charge in [-0.2, -0.15) is 0 Å². The van der Waals surface area contributed by atoms with Crippen LogP contribution in [-0.4, -0.2) is 39.9 Å². The summed E-state index contributed by atoms with van der Waals surface area (Å²) in [6.45, 7) is 6.75. The number of rotatable bonds is 5. The largest absolute Gasteiger partial charge is 0.497 e. The molecule has 4 aromatic rings. The lowest BCUT2D eigenvalue weighted by Gasteiger charge is -2.19. The first-order valence-electron chi connectivity index (χ1n) is 12.9. The number of aromatic amines is 1. The quantitative estimate of drug-likeness (QED) is 0.404. The van der Waals surface area contributed by atoms with Gasteiger partial charge in [0.15, 0.2) is 0 Å². The van der Waals surface area contributed by atoms with Gasteiger partial charge in [-0.15, -0.1) is 0 Å². The molecule has 0 fully saturated rings. The Hall–Kier alpha value is -4.33. The van der Waals surface area contributed by atoms with E-state index in [1.807, 2.05) is 30.3 Å². The summed E-state index contributed by atoms with van der Waals surface area (Å²) >= 11 is 0. The van der Waals surface area contributed by atoms with E-state index in [2.05, 4.69) is 41.0 Å². The van der Waals surface area contributed by atoms with Crippen molar-refractivity contribution in [3.8, 4) is 5.75 Å². The van der Waals surface area contributed by atoms with E-state index < -0.39 is 5.92 Å². The molecule has 6 rings (SSSR count). The molecular formula is C30H30N4O4. The second-order valence-corrected chi connectivity index (χ2v) is 10.5. The van der Waals surface area contributed by atoms with Crippen LogP contribution in [0.3, 0.4) is 0 Å². The molecule has 0 saturated carbocycles. The smallest absolute Gasteiger partial charge is 0.259 e. The summed E-state index contributed by atoms with van der Waals surface area (Å²) < 4.78 is 7.55. The minimum atomic E-state index is -0.643. The average Bonchev–Trinajstić information content (AvgIpc) is 3.37. The molecule has 2 aliphatic rings. The van der Waals surface area contributed by atoms with Gasteiger partial charge in [-0.25, -0.2) is 0 Å². The van der Waals surface area contributed by atoms with Crippen LogP contribution in [0, 0.1) is 5.92 Å². The van der Waals surface area contributed by atoms with E-state index in [0.29, 0.717) is 34.0 Å². The molecule has 0 bridgehead atoms. The van der Waals surface area contributed by atoms with Crippen LogP contribution in [0.5, 0.6) is 5.75 Å². The monoisotopic (exact) mass is 510 g/mol. The normalized spacial score (nSPS) is 16.8. The number of H-pyrrole nitrogens is 1. The molecule has 8 nitrogen and oxygen atoms in total. The number of carbonyl (C=O) groups is 2. The van der Waals surface area contributed by atoms with E-state index in [0.717, 1.165) is 40.5 Å². The van der Waals surface area contributed by atoms with E-state index in [4.69, 9.17) is 4.74 Å². The molecule has 2 aromatic carbocycles. The zero-order chi connectivity index (χ0) is 26.7.